The molecule has 3 nitrogen and oxygen atoms in total. The fourth-order valence-electron chi connectivity index (χ4n) is 2.01. The summed E-state index contributed by atoms with van der Waals surface area (Å²) in [5.41, 5.74) is 6.77. The number of benzene rings is 1. The van der Waals surface area contributed by atoms with Crippen molar-refractivity contribution in [1.82, 2.24) is 4.90 Å². The lowest BCUT2D eigenvalue weighted by Gasteiger charge is -2.30. The van der Waals surface area contributed by atoms with Crippen molar-refractivity contribution in [1.29, 1.82) is 0 Å². The largest absolute Gasteiger partial charge is 0.398 e. The highest BCUT2D eigenvalue weighted by Gasteiger charge is 2.23. The van der Waals surface area contributed by atoms with Gasteiger partial charge in [0, 0.05) is 40.9 Å². The molecule has 98 valence electrons. The standard InChI is InChI=1S/C13H17FN2OS/c1-8-7-16(3-4-18-8)13(17)10-5-11(14)9(2)12(15)6-10/h5-6,8H,3-4,7,15H2,1-2H3. The zero-order valence-corrected chi connectivity index (χ0v) is 11.4. The summed E-state index contributed by atoms with van der Waals surface area (Å²) in [6.07, 6.45) is 0. The molecular formula is C13H17FN2OS. The molecule has 1 amide bonds. The zero-order valence-electron chi connectivity index (χ0n) is 10.6. The minimum Gasteiger partial charge on any atom is -0.398 e. The minimum absolute atomic E-state index is 0.132. The van der Waals surface area contributed by atoms with Gasteiger partial charge in [-0.05, 0) is 19.1 Å². The van der Waals surface area contributed by atoms with Crippen LogP contribution >= 0.6 is 11.8 Å². The van der Waals surface area contributed by atoms with Crippen molar-refractivity contribution in [3.05, 3.63) is 29.1 Å². The molecule has 0 aliphatic carbocycles. The average molecular weight is 268 g/mol. The molecule has 0 radical (unpaired) electrons. The zero-order chi connectivity index (χ0) is 13.3. The number of rotatable bonds is 1. The lowest BCUT2D eigenvalue weighted by molar-refractivity contribution is 0.0762. The van der Waals surface area contributed by atoms with E-state index in [0.29, 0.717) is 35.2 Å². The number of nitrogens with zero attached hydrogens (tertiary/aromatic N) is 1. The average Bonchev–Trinajstić information content (AvgIpc) is 2.34. The van der Waals surface area contributed by atoms with Crippen LogP contribution in [-0.4, -0.2) is 34.9 Å². The van der Waals surface area contributed by atoms with Gasteiger partial charge >= 0.3 is 0 Å². The number of thioether (sulfide) groups is 1. The molecular weight excluding hydrogens is 251 g/mol. The normalized spacial score (nSPS) is 19.9. The Balaban J connectivity index is 2.23. The van der Waals surface area contributed by atoms with Crippen LogP contribution in [-0.2, 0) is 0 Å². The van der Waals surface area contributed by atoms with Gasteiger partial charge in [0.05, 0.1) is 0 Å². The SMILES string of the molecule is Cc1c(N)cc(C(=O)N2CCSC(C)C2)cc1F. The lowest BCUT2D eigenvalue weighted by atomic mass is 10.1. The molecule has 0 spiro atoms. The highest BCUT2D eigenvalue weighted by molar-refractivity contribution is 7.99. The van der Waals surface area contributed by atoms with Crippen LogP contribution < -0.4 is 5.73 Å². The van der Waals surface area contributed by atoms with Crippen molar-refractivity contribution in [3.8, 4) is 0 Å². The third-order valence-electron chi connectivity index (χ3n) is 3.16. The maximum absolute atomic E-state index is 13.6. The Kier molecular flexibility index (Phi) is 3.80. The number of carbonyl (C=O) groups excluding carboxylic acids is 1. The van der Waals surface area contributed by atoms with E-state index in [1.54, 1.807) is 17.9 Å². The Morgan fingerprint density at radius 3 is 2.89 bits per heavy atom. The van der Waals surface area contributed by atoms with E-state index in [4.69, 9.17) is 5.73 Å². The van der Waals surface area contributed by atoms with Crippen molar-refractivity contribution in [3.63, 3.8) is 0 Å². The Morgan fingerprint density at radius 1 is 1.56 bits per heavy atom. The van der Waals surface area contributed by atoms with E-state index in [0.717, 1.165) is 5.75 Å². The first-order chi connectivity index (χ1) is 8.49. The van der Waals surface area contributed by atoms with Crippen LogP contribution in [0.3, 0.4) is 0 Å². The Labute approximate surface area is 111 Å². The molecule has 1 aliphatic rings. The van der Waals surface area contributed by atoms with Crippen LogP contribution in [0.2, 0.25) is 0 Å². The predicted molar refractivity (Wildman–Crippen MR) is 73.4 cm³/mol. The summed E-state index contributed by atoms with van der Waals surface area (Å²) in [5.74, 6) is 0.377. The van der Waals surface area contributed by atoms with Crippen LogP contribution in [0, 0.1) is 12.7 Å². The fourth-order valence-corrected chi connectivity index (χ4v) is 3.02. The predicted octanol–water partition coefficient (Wildman–Crippen LogP) is 2.29. The quantitative estimate of drug-likeness (QED) is 0.795. The van der Waals surface area contributed by atoms with Crippen molar-refractivity contribution in [2.45, 2.75) is 19.1 Å². The van der Waals surface area contributed by atoms with Gasteiger partial charge in [-0.15, -0.1) is 0 Å². The summed E-state index contributed by atoms with van der Waals surface area (Å²) in [7, 11) is 0. The van der Waals surface area contributed by atoms with E-state index in [2.05, 4.69) is 6.92 Å². The molecule has 1 aromatic rings. The monoisotopic (exact) mass is 268 g/mol. The second-order valence-electron chi connectivity index (χ2n) is 4.60. The van der Waals surface area contributed by atoms with E-state index >= 15 is 0 Å². The number of nitrogen functional groups attached to an aromatic ring is 1. The first kappa shape index (κ1) is 13.2. The van der Waals surface area contributed by atoms with Crippen molar-refractivity contribution in [2.75, 3.05) is 24.6 Å². The summed E-state index contributed by atoms with van der Waals surface area (Å²) in [6.45, 7) is 5.12. The number of halogens is 1. The summed E-state index contributed by atoms with van der Waals surface area (Å²) in [6, 6.07) is 2.84. The van der Waals surface area contributed by atoms with Crippen LogP contribution in [0.1, 0.15) is 22.8 Å². The van der Waals surface area contributed by atoms with Gasteiger partial charge in [-0.25, -0.2) is 4.39 Å². The second-order valence-corrected chi connectivity index (χ2v) is 6.15. The molecule has 1 fully saturated rings. The van der Waals surface area contributed by atoms with Gasteiger partial charge in [-0.2, -0.15) is 11.8 Å². The van der Waals surface area contributed by atoms with Crippen LogP contribution in [0.25, 0.3) is 0 Å². The Hall–Kier alpha value is -1.23. The van der Waals surface area contributed by atoms with Gasteiger partial charge in [0.25, 0.3) is 5.91 Å². The van der Waals surface area contributed by atoms with E-state index < -0.39 is 5.82 Å². The second kappa shape index (κ2) is 5.18. The Bertz CT molecular complexity index is 455. The van der Waals surface area contributed by atoms with Gasteiger partial charge in [0.15, 0.2) is 0 Å². The van der Waals surface area contributed by atoms with E-state index in [1.165, 1.54) is 6.07 Å². The van der Waals surface area contributed by atoms with E-state index in [-0.39, 0.29) is 5.91 Å². The van der Waals surface area contributed by atoms with Crippen LogP contribution in [0.15, 0.2) is 12.1 Å². The number of anilines is 1. The third-order valence-corrected chi connectivity index (χ3v) is 4.30. The number of nitrogens with two attached hydrogens (primary N) is 1. The third kappa shape index (κ3) is 2.61. The first-order valence-corrected chi connectivity index (χ1v) is 7.00. The van der Waals surface area contributed by atoms with E-state index in [1.807, 2.05) is 11.8 Å². The summed E-state index contributed by atoms with van der Waals surface area (Å²) >= 11 is 1.85. The topological polar surface area (TPSA) is 46.3 Å². The maximum Gasteiger partial charge on any atom is 0.254 e. The van der Waals surface area contributed by atoms with E-state index in [9.17, 15) is 9.18 Å². The van der Waals surface area contributed by atoms with Gasteiger partial charge in [-0.3, -0.25) is 4.79 Å². The highest BCUT2D eigenvalue weighted by Crippen LogP contribution is 2.22. The molecule has 1 aromatic carbocycles. The van der Waals surface area contributed by atoms with Crippen molar-refractivity contribution >= 4 is 23.4 Å². The molecule has 1 unspecified atom stereocenters. The summed E-state index contributed by atoms with van der Waals surface area (Å²) < 4.78 is 13.6. The molecule has 1 atom stereocenters. The van der Waals surface area contributed by atoms with Crippen molar-refractivity contribution < 1.29 is 9.18 Å². The first-order valence-electron chi connectivity index (χ1n) is 5.95. The highest BCUT2D eigenvalue weighted by atomic mass is 32.2. The van der Waals surface area contributed by atoms with Crippen LogP contribution in [0.4, 0.5) is 10.1 Å². The molecule has 1 heterocycles. The molecule has 0 aromatic heterocycles. The molecule has 1 aliphatic heterocycles. The molecule has 1 saturated heterocycles. The smallest absolute Gasteiger partial charge is 0.254 e. The number of hydrogen-bond donors (Lipinski definition) is 1. The number of amides is 1. The van der Waals surface area contributed by atoms with Gasteiger partial charge < -0.3 is 10.6 Å². The summed E-state index contributed by atoms with van der Waals surface area (Å²) in [5, 5.41) is 0.426. The van der Waals surface area contributed by atoms with Crippen LogP contribution in [0.5, 0.6) is 0 Å². The molecule has 0 saturated carbocycles. The van der Waals surface area contributed by atoms with Gasteiger partial charge in [0.1, 0.15) is 5.82 Å². The van der Waals surface area contributed by atoms with Crippen molar-refractivity contribution in [2.24, 2.45) is 0 Å². The minimum atomic E-state index is -0.419. The molecule has 18 heavy (non-hydrogen) atoms. The number of hydrogen-bond acceptors (Lipinski definition) is 3. The molecule has 5 heteroatoms. The number of carbonyl (C=O) groups is 1. The Morgan fingerprint density at radius 2 is 2.28 bits per heavy atom. The molecule has 0 bridgehead atoms. The maximum atomic E-state index is 13.6. The van der Waals surface area contributed by atoms with Gasteiger partial charge in [0.2, 0.25) is 0 Å². The lowest BCUT2D eigenvalue weighted by Crippen LogP contribution is -2.41. The fraction of sp³-hybridized carbons (Fsp3) is 0.462. The summed E-state index contributed by atoms with van der Waals surface area (Å²) in [4.78, 5) is 14.0. The van der Waals surface area contributed by atoms with Gasteiger partial charge in [-0.1, -0.05) is 6.92 Å². The molecule has 2 N–H and O–H groups in total. The molecule has 2 rings (SSSR count).